The van der Waals surface area contributed by atoms with Crippen LogP contribution >= 0.6 is 11.8 Å². The van der Waals surface area contributed by atoms with Gasteiger partial charge in [-0.3, -0.25) is 14.4 Å². The minimum atomic E-state index is -1.11. The second kappa shape index (κ2) is 11.8. The van der Waals surface area contributed by atoms with Crippen molar-refractivity contribution in [2.24, 2.45) is 17.2 Å². The fraction of sp³-hybridized carbons (Fsp3) is 0.700. The van der Waals surface area contributed by atoms with Gasteiger partial charge in [0.1, 0.15) is 12.1 Å². The molecule has 0 bridgehead atoms. The Hall–Kier alpha value is -1.32. The van der Waals surface area contributed by atoms with Gasteiger partial charge in [0.2, 0.25) is 5.91 Å². The molecule has 0 spiro atoms. The van der Waals surface area contributed by atoms with E-state index in [1.165, 1.54) is 0 Å². The molecule has 8 N–H and O–H groups in total. The second-order valence-corrected chi connectivity index (χ2v) is 4.66. The van der Waals surface area contributed by atoms with Gasteiger partial charge in [-0.2, -0.15) is 11.8 Å². The molecule has 0 heterocycles. The van der Waals surface area contributed by atoms with Crippen LogP contribution in [-0.4, -0.2) is 52.2 Å². The smallest absolute Gasteiger partial charge is 0.320 e. The molecule has 0 saturated carbocycles. The van der Waals surface area contributed by atoms with Gasteiger partial charge < -0.3 is 27.4 Å². The number of aliphatic carboxylic acids is 2. The lowest BCUT2D eigenvalue weighted by molar-refractivity contribution is -0.139. The molecule has 1 amide bonds. The average molecular weight is 295 g/mol. The summed E-state index contributed by atoms with van der Waals surface area (Å²) >= 11 is 1.60. The molecule has 19 heavy (non-hydrogen) atoms. The monoisotopic (exact) mass is 295 g/mol. The second-order valence-electron chi connectivity index (χ2n) is 3.68. The molecule has 112 valence electrons. The van der Waals surface area contributed by atoms with E-state index in [9.17, 15) is 14.4 Å². The van der Waals surface area contributed by atoms with Gasteiger partial charge in [-0.15, -0.1) is 0 Å². The zero-order valence-corrected chi connectivity index (χ0v) is 11.6. The fourth-order valence-electron chi connectivity index (χ4n) is 0.790. The first-order chi connectivity index (χ1) is 8.72. The van der Waals surface area contributed by atoms with Crippen LogP contribution in [0.3, 0.4) is 0 Å². The van der Waals surface area contributed by atoms with Crippen molar-refractivity contribution < 1.29 is 24.6 Å². The highest BCUT2D eigenvalue weighted by Crippen LogP contribution is 1.97. The molecule has 0 aliphatic heterocycles. The van der Waals surface area contributed by atoms with Crippen LogP contribution in [-0.2, 0) is 14.4 Å². The Bertz CT molecular complexity index is 301. The first-order valence-corrected chi connectivity index (χ1v) is 6.85. The standard InChI is InChI=1S/C5H10N2O3.C5H11NO2S/c6-3(5(9)10)1-2-4(7)8;1-9-3-2-4(6)5(7)8/h3H,1-2,6H2,(H2,7,8)(H,9,10);4H,2-3,6H2,1H3,(H,7,8)/t3-;/m0./s1. The minimum Gasteiger partial charge on any atom is -0.480 e. The molecule has 0 aromatic carbocycles. The van der Waals surface area contributed by atoms with Crippen molar-refractivity contribution >= 4 is 29.6 Å². The largest absolute Gasteiger partial charge is 0.480 e. The highest BCUT2D eigenvalue weighted by atomic mass is 32.2. The summed E-state index contributed by atoms with van der Waals surface area (Å²) in [5, 5.41) is 16.5. The normalized spacial score (nSPS) is 12.8. The Morgan fingerprint density at radius 2 is 1.47 bits per heavy atom. The van der Waals surface area contributed by atoms with E-state index in [2.05, 4.69) is 0 Å². The molecule has 0 fully saturated rings. The summed E-state index contributed by atoms with van der Waals surface area (Å²) in [6, 6.07) is -1.66. The van der Waals surface area contributed by atoms with Crippen LogP contribution in [0.1, 0.15) is 19.3 Å². The van der Waals surface area contributed by atoms with Crippen LogP contribution in [0, 0.1) is 0 Å². The van der Waals surface area contributed by atoms with Crippen molar-refractivity contribution in [3.63, 3.8) is 0 Å². The number of hydrogen-bond acceptors (Lipinski definition) is 6. The van der Waals surface area contributed by atoms with Gasteiger partial charge in [0.05, 0.1) is 0 Å². The Balaban J connectivity index is 0. The molecule has 0 saturated heterocycles. The highest BCUT2D eigenvalue weighted by Gasteiger charge is 2.11. The minimum absolute atomic E-state index is 0.0213. The summed E-state index contributed by atoms with van der Waals surface area (Å²) in [5.41, 5.74) is 15.0. The number of carbonyl (C=O) groups excluding carboxylic acids is 1. The number of carbonyl (C=O) groups is 3. The fourth-order valence-corrected chi connectivity index (χ4v) is 1.28. The van der Waals surface area contributed by atoms with Crippen molar-refractivity contribution in [1.29, 1.82) is 0 Å². The molecular formula is C10H21N3O5S. The third-order valence-corrected chi connectivity index (χ3v) is 2.61. The molecule has 0 aliphatic carbocycles. The van der Waals surface area contributed by atoms with Gasteiger partial charge >= 0.3 is 11.9 Å². The van der Waals surface area contributed by atoms with Crippen LogP contribution in [0.2, 0.25) is 0 Å². The summed E-state index contributed by atoms with van der Waals surface area (Å²) in [4.78, 5) is 30.2. The number of nitrogens with two attached hydrogens (primary N) is 3. The van der Waals surface area contributed by atoms with Gasteiger partial charge in [-0.25, -0.2) is 0 Å². The average Bonchev–Trinajstić information content (AvgIpc) is 2.33. The Morgan fingerprint density at radius 1 is 1.05 bits per heavy atom. The first kappa shape index (κ1) is 20.0. The van der Waals surface area contributed by atoms with Gasteiger partial charge in [0.25, 0.3) is 0 Å². The van der Waals surface area contributed by atoms with Gasteiger partial charge in [0.15, 0.2) is 0 Å². The van der Waals surface area contributed by atoms with E-state index in [1.807, 2.05) is 6.26 Å². The number of primary amides is 1. The molecule has 8 nitrogen and oxygen atoms in total. The maximum atomic E-state index is 10.1. The van der Waals surface area contributed by atoms with Crippen LogP contribution in [0.25, 0.3) is 0 Å². The van der Waals surface area contributed by atoms with E-state index in [1.54, 1.807) is 11.8 Å². The van der Waals surface area contributed by atoms with E-state index < -0.39 is 29.9 Å². The maximum absolute atomic E-state index is 10.1. The van der Waals surface area contributed by atoms with Crippen LogP contribution in [0.4, 0.5) is 0 Å². The number of carboxylic acids is 2. The van der Waals surface area contributed by atoms with E-state index in [0.717, 1.165) is 5.75 Å². The van der Waals surface area contributed by atoms with Crippen molar-refractivity contribution in [3.8, 4) is 0 Å². The quantitative estimate of drug-likeness (QED) is 0.372. The Kier molecular flexibility index (Phi) is 12.4. The lowest BCUT2D eigenvalue weighted by atomic mass is 10.2. The molecule has 0 aromatic rings. The number of hydrogen-bond donors (Lipinski definition) is 5. The Morgan fingerprint density at radius 3 is 1.79 bits per heavy atom. The predicted octanol–water partition coefficient (Wildman–Crippen LogP) is -1.18. The molecule has 0 aliphatic rings. The zero-order chi connectivity index (χ0) is 15.4. The van der Waals surface area contributed by atoms with Crippen molar-refractivity contribution in [3.05, 3.63) is 0 Å². The number of carboxylic acid groups (broad SMARTS) is 2. The molecule has 0 radical (unpaired) electrons. The molecule has 2 atom stereocenters. The highest BCUT2D eigenvalue weighted by molar-refractivity contribution is 7.98. The van der Waals surface area contributed by atoms with Crippen molar-refractivity contribution in [2.45, 2.75) is 31.3 Å². The first-order valence-electron chi connectivity index (χ1n) is 5.46. The summed E-state index contributed by atoms with van der Waals surface area (Å²) < 4.78 is 0. The van der Waals surface area contributed by atoms with Gasteiger partial charge in [-0.05, 0) is 24.9 Å². The lowest BCUT2D eigenvalue weighted by Crippen LogP contribution is -2.31. The van der Waals surface area contributed by atoms with Crippen LogP contribution in [0.15, 0.2) is 0 Å². The van der Waals surface area contributed by atoms with E-state index in [4.69, 9.17) is 27.4 Å². The zero-order valence-electron chi connectivity index (χ0n) is 10.7. The van der Waals surface area contributed by atoms with E-state index in [0.29, 0.717) is 6.42 Å². The number of thioether (sulfide) groups is 1. The summed E-state index contributed by atoms with van der Waals surface area (Å²) in [6.45, 7) is 0. The molecular weight excluding hydrogens is 274 g/mol. The lowest BCUT2D eigenvalue weighted by Gasteiger charge is -2.02. The third kappa shape index (κ3) is 14.6. The number of rotatable bonds is 8. The summed E-state index contributed by atoms with van der Waals surface area (Å²) in [7, 11) is 0. The molecule has 0 aromatic heterocycles. The van der Waals surface area contributed by atoms with Crippen LogP contribution in [0.5, 0.6) is 0 Å². The summed E-state index contributed by atoms with van der Waals surface area (Å²) in [5.74, 6) is -1.74. The van der Waals surface area contributed by atoms with E-state index in [-0.39, 0.29) is 12.8 Å². The topological polar surface area (TPSA) is 170 Å². The van der Waals surface area contributed by atoms with Crippen LogP contribution < -0.4 is 17.2 Å². The van der Waals surface area contributed by atoms with E-state index >= 15 is 0 Å². The molecule has 1 unspecified atom stereocenters. The maximum Gasteiger partial charge on any atom is 0.320 e. The summed E-state index contributed by atoms with van der Waals surface area (Å²) in [6.07, 6.45) is 2.60. The predicted molar refractivity (Wildman–Crippen MR) is 72.6 cm³/mol. The molecule has 0 rings (SSSR count). The van der Waals surface area contributed by atoms with Crippen molar-refractivity contribution in [1.82, 2.24) is 0 Å². The molecule has 9 heteroatoms. The van der Waals surface area contributed by atoms with Crippen molar-refractivity contribution in [2.75, 3.05) is 12.0 Å². The SMILES string of the molecule is CSCCC(N)C(=O)O.NC(=O)CC[C@H](N)C(=O)O. The third-order valence-electron chi connectivity index (χ3n) is 1.97. The number of amides is 1. The van der Waals surface area contributed by atoms with Gasteiger partial charge in [0, 0.05) is 6.42 Å². The Labute approximate surface area is 115 Å². The van der Waals surface area contributed by atoms with Gasteiger partial charge in [-0.1, -0.05) is 0 Å².